The summed E-state index contributed by atoms with van der Waals surface area (Å²) in [5.41, 5.74) is 7.96. The highest BCUT2D eigenvalue weighted by Gasteiger charge is 2.23. The molecule has 5 heteroatoms. The zero-order valence-electron chi connectivity index (χ0n) is 12.1. The van der Waals surface area contributed by atoms with Crippen LogP contribution < -0.4 is 5.73 Å². The van der Waals surface area contributed by atoms with Gasteiger partial charge < -0.3 is 10.5 Å². The summed E-state index contributed by atoms with van der Waals surface area (Å²) in [5, 5.41) is 1.07. The second-order valence-electron chi connectivity index (χ2n) is 5.52. The van der Waals surface area contributed by atoms with E-state index >= 15 is 0 Å². The van der Waals surface area contributed by atoms with E-state index in [1.807, 2.05) is 31.3 Å². The molecule has 1 aromatic carbocycles. The Labute approximate surface area is 130 Å². The van der Waals surface area contributed by atoms with Crippen LogP contribution in [0.2, 0.25) is 0 Å². The van der Waals surface area contributed by atoms with Crippen LogP contribution in [0.5, 0.6) is 0 Å². The average molecular weight is 309 g/mol. The van der Waals surface area contributed by atoms with Gasteiger partial charge in [0, 0.05) is 36.8 Å². The van der Waals surface area contributed by atoms with Gasteiger partial charge in [-0.25, -0.2) is 0 Å². The molecule has 1 aliphatic rings. The summed E-state index contributed by atoms with van der Waals surface area (Å²) in [4.78, 5) is 12.6. The van der Waals surface area contributed by atoms with Crippen LogP contribution in [0.1, 0.15) is 36.2 Å². The standard InChI is InChI=1S/C16H20N2O2.ClH/c1-11(17)13-2-3-15-14(10-13)4-7-18(15)16(19)12-5-8-20-9-6-12;/h2-4,7,10-12H,5-6,8-9,17H2,1H3;1H/t11-;/m1./s1. The molecule has 1 aromatic heterocycles. The van der Waals surface area contributed by atoms with E-state index < -0.39 is 0 Å². The minimum Gasteiger partial charge on any atom is -0.381 e. The van der Waals surface area contributed by atoms with Gasteiger partial charge in [-0.2, -0.15) is 0 Å². The van der Waals surface area contributed by atoms with E-state index in [0.717, 1.165) is 29.3 Å². The number of benzene rings is 1. The molecule has 1 aliphatic heterocycles. The molecule has 2 aromatic rings. The molecule has 3 rings (SSSR count). The molecule has 0 saturated carbocycles. The Morgan fingerprint density at radius 1 is 1.33 bits per heavy atom. The van der Waals surface area contributed by atoms with Gasteiger partial charge >= 0.3 is 0 Å². The lowest BCUT2D eigenvalue weighted by Crippen LogP contribution is -2.27. The van der Waals surface area contributed by atoms with Crippen molar-refractivity contribution in [1.29, 1.82) is 0 Å². The summed E-state index contributed by atoms with van der Waals surface area (Å²) in [6, 6.07) is 8.05. The van der Waals surface area contributed by atoms with Gasteiger partial charge in [0.15, 0.2) is 0 Å². The van der Waals surface area contributed by atoms with Crippen LogP contribution in [-0.4, -0.2) is 23.7 Å². The number of aromatic nitrogens is 1. The van der Waals surface area contributed by atoms with Gasteiger partial charge in [0.2, 0.25) is 5.91 Å². The summed E-state index contributed by atoms with van der Waals surface area (Å²) >= 11 is 0. The normalized spacial score (nSPS) is 17.4. The van der Waals surface area contributed by atoms with E-state index in [1.165, 1.54) is 0 Å². The third kappa shape index (κ3) is 3.12. The van der Waals surface area contributed by atoms with Crippen LogP contribution >= 0.6 is 12.4 Å². The van der Waals surface area contributed by atoms with Crippen molar-refractivity contribution in [1.82, 2.24) is 4.57 Å². The smallest absolute Gasteiger partial charge is 0.234 e. The van der Waals surface area contributed by atoms with Crippen molar-refractivity contribution in [3.05, 3.63) is 36.0 Å². The largest absolute Gasteiger partial charge is 0.381 e. The topological polar surface area (TPSA) is 57.2 Å². The molecule has 1 saturated heterocycles. The Morgan fingerprint density at radius 3 is 2.71 bits per heavy atom. The number of rotatable bonds is 2. The lowest BCUT2D eigenvalue weighted by molar-refractivity contribution is 0.0490. The Morgan fingerprint density at radius 2 is 2.05 bits per heavy atom. The van der Waals surface area contributed by atoms with E-state index in [0.29, 0.717) is 13.2 Å². The summed E-state index contributed by atoms with van der Waals surface area (Å²) in [6.45, 7) is 3.33. The van der Waals surface area contributed by atoms with E-state index in [1.54, 1.807) is 4.57 Å². The molecule has 4 nitrogen and oxygen atoms in total. The Hall–Kier alpha value is -1.36. The molecule has 0 spiro atoms. The molecule has 1 fully saturated rings. The summed E-state index contributed by atoms with van der Waals surface area (Å²) in [6.07, 6.45) is 3.50. The first-order valence-electron chi connectivity index (χ1n) is 7.15. The average Bonchev–Trinajstić information content (AvgIpc) is 2.90. The molecule has 21 heavy (non-hydrogen) atoms. The van der Waals surface area contributed by atoms with Gasteiger partial charge in [0.1, 0.15) is 0 Å². The van der Waals surface area contributed by atoms with Gasteiger partial charge in [0.05, 0.1) is 5.52 Å². The SMILES string of the molecule is C[C@@H](N)c1ccc2c(ccn2C(=O)C2CCOCC2)c1.Cl. The van der Waals surface area contributed by atoms with Crippen molar-refractivity contribution in [2.45, 2.75) is 25.8 Å². The van der Waals surface area contributed by atoms with E-state index in [2.05, 4.69) is 6.07 Å². The molecule has 2 heterocycles. The molecule has 2 N–H and O–H groups in total. The molecule has 0 unspecified atom stereocenters. The van der Waals surface area contributed by atoms with Crippen LogP contribution in [-0.2, 0) is 4.74 Å². The Kier molecular flexibility index (Phi) is 5.04. The summed E-state index contributed by atoms with van der Waals surface area (Å²) < 4.78 is 7.10. The van der Waals surface area contributed by atoms with E-state index in [4.69, 9.17) is 10.5 Å². The first-order valence-corrected chi connectivity index (χ1v) is 7.15. The summed E-state index contributed by atoms with van der Waals surface area (Å²) in [7, 11) is 0. The van der Waals surface area contributed by atoms with Gasteiger partial charge in [0.25, 0.3) is 0 Å². The van der Waals surface area contributed by atoms with Gasteiger partial charge in [-0.15, -0.1) is 12.4 Å². The predicted molar refractivity (Wildman–Crippen MR) is 86.0 cm³/mol. The third-order valence-electron chi connectivity index (χ3n) is 4.05. The van der Waals surface area contributed by atoms with Gasteiger partial charge in [-0.3, -0.25) is 9.36 Å². The highest BCUT2D eigenvalue weighted by Crippen LogP contribution is 2.24. The Balaban J connectivity index is 0.00000161. The number of halogens is 1. The number of fused-ring (bicyclic) bond motifs is 1. The molecule has 0 amide bonds. The maximum absolute atomic E-state index is 12.6. The van der Waals surface area contributed by atoms with Gasteiger partial charge in [-0.1, -0.05) is 6.07 Å². The van der Waals surface area contributed by atoms with Crippen LogP contribution in [0.15, 0.2) is 30.5 Å². The van der Waals surface area contributed by atoms with E-state index in [-0.39, 0.29) is 30.3 Å². The zero-order valence-corrected chi connectivity index (χ0v) is 12.9. The lowest BCUT2D eigenvalue weighted by Gasteiger charge is -2.21. The van der Waals surface area contributed by atoms with Crippen molar-refractivity contribution in [2.24, 2.45) is 11.7 Å². The second kappa shape index (κ2) is 6.60. The lowest BCUT2D eigenvalue weighted by atomic mass is 9.99. The van der Waals surface area contributed by atoms with Crippen LogP contribution in [0.3, 0.4) is 0 Å². The van der Waals surface area contributed by atoms with Gasteiger partial charge in [-0.05, 0) is 43.5 Å². The van der Waals surface area contributed by atoms with Crippen molar-refractivity contribution in [3.8, 4) is 0 Å². The van der Waals surface area contributed by atoms with Crippen LogP contribution in [0, 0.1) is 5.92 Å². The quantitative estimate of drug-likeness (QED) is 0.927. The molecule has 0 bridgehead atoms. The van der Waals surface area contributed by atoms with Crippen molar-refractivity contribution < 1.29 is 9.53 Å². The molecule has 1 atom stereocenters. The molecule has 0 aliphatic carbocycles. The predicted octanol–water partition coefficient (Wildman–Crippen LogP) is 3.15. The van der Waals surface area contributed by atoms with Crippen LogP contribution in [0.4, 0.5) is 0 Å². The number of hydrogen-bond acceptors (Lipinski definition) is 3. The van der Waals surface area contributed by atoms with Crippen molar-refractivity contribution >= 4 is 29.2 Å². The van der Waals surface area contributed by atoms with Crippen molar-refractivity contribution in [3.63, 3.8) is 0 Å². The van der Waals surface area contributed by atoms with Crippen LogP contribution in [0.25, 0.3) is 10.9 Å². The number of hydrogen-bond donors (Lipinski definition) is 1. The molecular weight excluding hydrogens is 288 g/mol. The fourth-order valence-electron chi connectivity index (χ4n) is 2.78. The fourth-order valence-corrected chi connectivity index (χ4v) is 2.78. The number of carbonyl (C=O) groups is 1. The first-order chi connectivity index (χ1) is 9.66. The first kappa shape index (κ1) is 16.0. The van der Waals surface area contributed by atoms with E-state index in [9.17, 15) is 4.79 Å². The number of nitrogens with zero attached hydrogens (tertiary/aromatic N) is 1. The molecular formula is C16H21ClN2O2. The maximum Gasteiger partial charge on any atom is 0.234 e. The maximum atomic E-state index is 12.6. The highest BCUT2D eigenvalue weighted by molar-refractivity contribution is 5.93. The number of ether oxygens (including phenoxy) is 1. The zero-order chi connectivity index (χ0) is 14.1. The monoisotopic (exact) mass is 308 g/mol. The minimum atomic E-state index is 0. The molecule has 0 radical (unpaired) electrons. The summed E-state index contributed by atoms with van der Waals surface area (Å²) in [5.74, 6) is 0.254. The molecule has 114 valence electrons. The fraction of sp³-hybridized carbons (Fsp3) is 0.438. The number of carbonyl (C=O) groups excluding carboxylic acids is 1. The number of nitrogens with two attached hydrogens (primary N) is 1. The Bertz CT molecular complexity index is 630. The van der Waals surface area contributed by atoms with Crippen molar-refractivity contribution in [2.75, 3.05) is 13.2 Å². The highest BCUT2D eigenvalue weighted by atomic mass is 35.5. The minimum absolute atomic E-state index is 0. The second-order valence-corrected chi connectivity index (χ2v) is 5.52. The third-order valence-corrected chi connectivity index (χ3v) is 4.05.